The van der Waals surface area contributed by atoms with Gasteiger partial charge in [-0.2, -0.15) is 0 Å². The highest BCUT2D eigenvalue weighted by atomic mass is 16.5. The summed E-state index contributed by atoms with van der Waals surface area (Å²) >= 11 is 0. The van der Waals surface area contributed by atoms with Crippen molar-refractivity contribution in [1.82, 2.24) is 0 Å². The number of benzene rings is 4. The van der Waals surface area contributed by atoms with Crippen LogP contribution >= 0.6 is 0 Å². The van der Waals surface area contributed by atoms with Gasteiger partial charge in [-0.3, -0.25) is 28.9 Å². The van der Waals surface area contributed by atoms with Crippen LogP contribution in [0.5, 0.6) is 11.5 Å². The van der Waals surface area contributed by atoms with Crippen molar-refractivity contribution in [2.24, 2.45) is 23.7 Å². The largest absolute Gasteiger partial charge is 0.508 e. The number of nitrogens with zero attached hydrogens (tertiary/aromatic N) is 1. The van der Waals surface area contributed by atoms with E-state index in [0.717, 1.165) is 5.57 Å². The van der Waals surface area contributed by atoms with Gasteiger partial charge in [0.2, 0.25) is 11.8 Å². The number of hydrogen-bond donors (Lipinski definition) is 1. The second kappa shape index (κ2) is 12.2. The lowest BCUT2D eigenvalue weighted by Crippen LogP contribution is -2.58. The number of allylic oxidation sites excluding steroid dienone is 4. The summed E-state index contributed by atoms with van der Waals surface area (Å²) in [6, 6.07) is 29.6. The number of methoxy groups -OCH3 is 1. The Balaban J connectivity index is 1.35. The molecule has 4 aromatic carbocycles. The Kier molecular flexibility index (Phi) is 7.71. The number of anilines is 1. The molecule has 1 aliphatic heterocycles. The fourth-order valence-corrected chi connectivity index (χ4v) is 9.21. The number of carbonyl (C=O) groups excluding carboxylic acids is 5. The Labute approximate surface area is 295 Å². The number of fused-ring (bicyclic) bond motifs is 4. The fraction of sp³-hybridized carbons (Fsp3) is 0.233. The van der Waals surface area contributed by atoms with Gasteiger partial charge in [0.1, 0.15) is 11.5 Å². The van der Waals surface area contributed by atoms with Crippen LogP contribution in [0.15, 0.2) is 121 Å². The predicted molar refractivity (Wildman–Crippen MR) is 190 cm³/mol. The number of carbonyl (C=O) groups is 5. The Hall–Kier alpha value is -5.89. The molecule has 2 amide bonds. The molecular formula is C43H35NO7. The van der Waals surface area contributed by atoms with E-state index in [-0.39, 0.29) is 47.8 Å². The molecule has 51 heavy (non-hydrogen) atoms. The molecule has 0 bridgehead atoms. The molecule has 2 fully saturated rings. The van der Waals surface area contributed by atoms with E-state index in [1.807, 2.05) is 54.6 Å². The predicted octanol–water partition coefficient (Wildman–Crippen LogP) is 6.63. The molecule has 1 heterocycles. The van der Waals surface area contributed by atoms with Gasteiger partial charge in [0.25, 0.3) is 0 Å². The van der Waals surface area contributed by atoms with Crippen LogP contribution in [0.4, 0.5) is 5.69 Å². The standard InChI is InChI=1S/C43H35NO7/c1-24(45)25-13-15-28(16-14-25)44-41(49)31-19-18-30-33(38(31)42(44)50)22-35-40(48)32(26-9-5-3-6-10-26)23-37(47)43(35,27-11-7-4-8-12-27)39(30)34-21-29(51-2)17-20-36(34)46/h3-18,20-21,23,31,33,35,38-39,46H,19,22H2,1-2H3. The average Bonchev–Trinajstić information content (AvgIpc) is 3.42. The number of Topliss-reactive ketones (excluding diaryl/α,β-unsaturated/α-hetero) is 2. The number of ketones is 3. The minimum Gasteiger partial charge on any atom is -0.508 e. The monoisotopic (exact) mass is 677 g/mol. The highest BCUT2D eigenvalue weighted by Gasteiger charge is 2.66. The van der Waals surface area contributed by atoms with E-state index < -0.39 is 35.0 Å². The molecule has 1 N–H and O–H groups in total. The van der Waals surface area contributed by atoms with E-state index in [0.29, 0.717) is 39.3 Å². The summed E-state index contributed by atoms with van der Waals surface area (Å²) in [6.07, 6.45) is 3.80. The van der Waals surface area contributed by atoms with Gasteiger partial charge in [0.15, 0.2) is 17.3 Å². The summed E-state index contributed by atoms with van der Waals surface area (Å²) in [5, 5.41) is 11.6. The van der Waals surface area contributed by atoms with E-state index in [1.165, 1.54) is 31.1 Å². The first-order valence-corrected chi connectivity index (χ1v) is 17.1. The van der Waals surface area contributed by atoms with Crippen molar-refractivity contribution in [2.45, 2.75) is 31.1 Å². The van der Waals surface area contributed by atoms with Crippen molar-refractivity contribution in [3.8, 4) is 11.5 Å². The van der Waals surface area contributed by atoms with Crippen molar-refractivity contribution in [1.29, 1.82) is 0 Å². The molecule has 6 unspecified atom stereocenters. The zero-order valence-corrected chi connectivity index (χ0v) is 28.1. The maximum absolute atomic E-state index is 15.1. The number of imide groups is 1. The van der Waals surface area contributed by atoms with Crippen LogP contribution in [0.3, 0.4) is 0 Å². The Morgan fingerprint density at radius 3 is 2.20 bits per heavy atom. The van der Waals surface area contributed by atoms with Gasteiger partial charge in [-0.25, -0.2) is 0 Å². The third-order valence-electron chi connectivity index (χ3n) is 11.5. The van der Waals surface area contributed by atoms with E-state index >= 15 is 9.59 Å². The Morgan fingerprint density at radius 2 is 1.53 bits per heavy atom. The molecule has 254 valence electrons. The number of amides is 2. The number of phenolic OH excluding ortho intramolecular Hbond substituents is 1. The number of ether oxygens (including phenoxy) is 1. The summed E-state index contributed by atoms with van der Waals surface area (Å²) in [6.45, 7) is 1.45. The third kappa shape index (κ3) is 4.77. The Bertz CT molecular complexity index is 2190. The van der Waals surface area contributed by atoms with E-state index in [1.54, 1.807) is 48.5 Å². The van der Waals surface area contributed by atoms with Crippen LogP contribution < -0.4 is 9.64 Å². The van der Waals surface area contributed by atoms with Crippen molar-refractivity contribution >= 4 is 40.4 Å². The number of rotatable bonds is 6. The minimum atomic E-state index is -1.47. The lowest BCUT2D eigenvalue weighted by Gasteiger charge is -2.55. The maximum atomic E-state index is 15.1. The lowest BCUT2D eigenvalue weighted by molar-refractivity contribution is -0.135. The Morgan fingerprint density at radius 1 is 0.843 bits per heavy atom. The van der Waals surface area contributed by atoms with E-state index in [4.69, 9.17) is 4.74 Å². The van der Waals surface area contributed by atoms with Crippen LogP contribution in [0.2, 0.25) is 0 Å². The number of phenols is 1. The van der Waals surface area contributed by atoms with Crippen molar-refractivity contribution in [3.63, 3.8) is 0 Å². The van der Waals surface area contributed by atoms with Gasteiger partial charge in [0, 0.05) is 28.5 Å². The quantitative estimate of drug-likeness (QED) is 0.138. The molecule has 0 spiro atoms. The zero-order valence-electron chi connectivity index (χ0n) is 28.1. The smallest absolute Gasteiger partial charge is 0.238 e. The molecule has 8 heteroatoms. The van der Waals surface area contributed by atoms with Crippen molar-refractivity contribution in [3.05, 3.63) is 143 Å². The summed E-state index contributed by atoms with van der Waals surface area (Å²) in [4.78, 5) is 72.0. The first kappa shape index (κ1) is 32.3. The number of aromatic hydroxyl groups is 1. The highest BCUT2D eigenvalue weighted by Crippen LogP contribution is 2.64. The van der Waals surface area contributed by atoms with Gasteiger partial charge < -0.3 is 9.84 Å². The highest BCUT2D eigenvalue weighted by molar-refractivity contribution is 6.32. The normalized spacial score (nSPS) is 26.9. The van der Waals surface area contributed by atoms with Gasteiger partial charge in [0.05, 0.1) is 30.0 Å². The molecule has 8 rings (SSSR count). The summed E-state index contributed by atoms with van der Waals surface area (Å²) in [5.74, 6) is -4.84. The van der Waals surface area contributed by atoms with Gasteiger partial charge in [-0.15, -0.1) is 0 Å². The van der Waals surface area contributed by atoms with Gasteiger partial charge >= 0.3 is 0 Å². The van der Waals surface area contributed by atoms with Crippen molar-refractivity contribution in [2.75, 3.05) is 12.0 Å². The van der Waals surface area contributed by atoms with Crippen LogP contribution in [-0.4, -0.2) is 41.4 Å². The summed E-state index contributed by atoms with van der Waals surface area (Å²) in [7, 11) is 1.52. The van der Waals surface area contributed by atoms with E-state index in [2.05, 4.69) is 0 Å². The van der Waals surface area contributed by atoms with Crippen LogP contribution in [0.1, 0.15) is 52.7 Å². The second-order valence-electron chi connectivity index (χ2n) is 13.8. The second-order valence-corrected chi connectivity index (χ2v) is 13.8. The van der Waals surface area contributed by atoms with Crippen molar-refractivity contribution < 1.29 is 33.8 Å². The molecule has 0 radical (unpaired) electrons. The van der Waals surface area contributed by atoms with Gasteiger partial charge in [-0.05, 0) is 85.4 Å². The zero-order chi connectivity index (χ0) is 35.6. The topological polar surface area (TPSA) is 118 Å². The molecule has 4 aliphatic rings. The summed E-state index contributed by atoms with van der Waals surface area (Å²) < 4.78 is 5.60. The first-order valence-electron chi connectivity index (χ1n) is 17.1. The van der Waals surface area contributed by atoms with Crippen LogP contribution in [0.25, 0.3) is 5.57 Å². The molecule has 0 aromatic heterocycles. The first-order chi connectivity index (χ1) is 24.7. The van der Waals surface area contributed by atoms with Crippen LogP contribution in [-0.2, 0) is 24.6 Å². The fourth-order valence-electron chi connectivity index (χ4n) is 9.21. The molecule has 4 aromatic rings. The summed E-state index contributed by atoms with van der Waals surface area (Å²) in [5.41, 5.74) is 2.07. The lowest BCUT2D eigenvalue weighted by atomic mass is 9.44. The number of hydrogen-bond acceptors (Lipinski definition) is 7. The average molecular weight is 678 g/mol. The SMILES string of the molecule is COc1ccc(O)c(C2C3=CCC4C(=O)N(c5ccc(C(C)=O)cc5)C(=O)C4C3CC3C(=O)C(c4ccccc4)=CC(=O)C32c2ccccc2)c1. The molecule has 8 nitrogen and oxygen atoms in total. The molecule has 1 saturated heterocycles. The van der Waals surface area contributed by atoms with E-state index in [9.17, 15) is 19.5 Å². The molecular weight excluding hydrogens is 642 g/mol. The maximum Gasteiger partial charge on any atom is 0.238 e. The molecule has 3 aliphatic carbocycles. The van der Waals surface area contributed by atoms with Crippen LogP contribution in [0, 0.1) is 23.7 Å². The molecule has 1 saturated carbocycles. The third-order valence-corrected chi connectivity index (χ3v) is 11.5. The molecule has 6 atom stereocenters. The van der Waals surface area contributed by atoms with Gasteiger partial charge in [-0.1, -0.05) is 72.3 Å². The minimum absolute atomic E-state index is 0.0716.